The molecule has 1 atom stereocenters. The average molecular weight is 307 g/mol. The van der Waals surface area contributed by atoms with Crippen LogP contribution >= 0.6 is 11.6 Å². The summed E-state index contributed by atoms with van der Waals surface area (Å²) in [6.07, 6.45) is 0.758. The Morgan fingerprint density at radius 2 is 1.95 bits per heavy atom. The summed E-state index contributed by atoms with van der Waals surface area (Å²) in [7, 11) is 0. The second-order valence-electron chi connectivity index (χ2n) is 4.98. The Bertz CT molecular complexity index is 589. The van der Waals surface area contributed by atoms with Crippen LogP contribution in [0.3, 0.4) is 0 Å². The monoisotopic (exact) mass is 306 g/mol. The Morgan fingerprint density at radius 3 is 2.62 bits per heavy atom. The van der Waals surface area contributed by atoms with Gasteiger partial charge in [0.1, 0.15) is 5.82 Å². The van der Waals surface area contributed by atoms with E-state index >= 15 is 0 Å². The van der Waals surface area contributed by atoms with E-state index in [-0.39, 0.29) is 11.9 Å². The number of nitrogens with zero attached hydrogens (tertiary/aromatic N) is 1. The first-order valence-electron chi connectivity index (χ1n) is 7.12. The zero-order valence-corrected chi connectivity index (χ0v) is 12.9. The van der Waals surface area contributed by atoms with E-state index in [1.54, 1.807) is 12.1 Å². The summed E-state index contributed by atoms with van der Waals surface area (Å²) < 4.78 is 13.3. The molecule has 0 aromatic heterocycles. The van der Waals surface area contributed by atoms with Crippen LogP contribution in [0.4, 0.5) is 10.1 Å². The van der Waals surface area contributed by atoms with Crippen molar-refractivity contribution in [1.82, 2.24) is 0 Å². The fraction of sp³-hybridized carbons (Fsp3) is 0.294. The van der Waals surface area contributed by atoms with Crippen LogP contribution < -0.4 is 10.6 Å². The van der Waals surface area contributed by atoms with Gasteiger partial charge in [0.05, 0.1) is 0 Å². The number of nitrogens with two attached hydrogens (primary N) is 1. The highest BCUT2D eigenvalue weighted by molar-refractivity contribution is 6.31. The summed E-state index contributed by atoms with van der Waals surface area (Å²) in [4.78, 5) is 2.11. The van der Waals surface area contributed by atoms with Crippen molar-refractivity contribution in [1.29, 1.82) is 0 Å². The van der Waals surface area contributed by atoms with Gasteiger partial charge in [-0.15, -0.1) is 0 Å². The third-order valence-corrected chi connectivity index (χ3v) is 3.91. The number of hydrogen-bond donors (Lipinski definition) is 1. The molecule has 0 aliphatic heterocycles. The highest BCUT2D eigenvalue weighted by atomic mass is 35.5. The maximum Gasteiger partial charge on any atom is 0.125 e. The molecule has 2 aromatic rings. The first-order chi connectivity index (χ1) is 10.1. The largest absolute Gasteiger partial charge is 0.372 e. The molecule has 2 N–H and O–H groups in total. The van der Waals surface area contributed by atoms with Crippen molar-refractivity contribution in [3.05, 3.63) is 64.9 Å². The first-order valence-corrected chi connectivity index (χ1v) is 7.50. The molecule has 0 aliphatic carbocycles. The Labute approximate surface area is 130 Å². The molecule has 0 saturated carbocycles. The third-order valence-electron chi connectivity index (χ3n) is 3.57. The van der Waals surface area contributed by atoms with Crippen LogP contribution in [0, 0.1) is 5.82 Å². The number of anilines is 1. The second kappa shape index (κ2) is 7.43. The Hall–Kier alpha value is -1.58. The minimum atomic E-state index is -0.221. The molecule has 0 saturated heterocycles. The highest BCUT2D eigenvalue weighted by Gasteiger charge is 2.12. The molecular weight excluding hydrogens is 287 g/mol. The van der Waals surface area contributed by atoms with Crippen molar-refractivity contribution in [2.24, 2.45) is 5.73 Å². The lowest BCUT2D eigenvalue weighted by Crippen LogP contribution is -2.27. The molecule has 0 spiro atoms. The van der Waals surface area contributed by atoms with Gasteiger partial charge in [0.25, 0.3) is 0 Å². The standard InChI is InChI=1S/C17H20ClFN2/c1-2-21(14-7-5-6-13(19)12-14)11-10-17(20)15-8-3-4-9-16(15)18/h3-9,12,17H,2,10-11,20H2,1H3. The molecule has 0 amide bonds. The molecule has 0 bridgehead atoms. The lowest BCUT2D eigenvalue weighted by molar-refractivity contribution is 0.618. The van der Waals surface area contributed by atoms with Gasteiger partial charge in [-0.3, -0.25) is 0 Å². The van der Waals surface area contributed by atoms with E-state index in [0.29, 0.717) is 5.02 Å². The van der Waals surface area contributed by atoms with Crippen LogP contribution in [0.2, 0.25) is 5.02 Å². The summed E-state index contributed by atoms with van der Waals surface area (Å²) in [5.74, 6) is -0.221. The van der Waals surface area contributed by atoms with Gasteiger partial charge < -0.3 is 10.6 Å². The maximum absolute atomic E-state index is 13.3. The summed E-state index contributed by atoms with van der Waals surface area (Å²) in [6, 6.07) is 14.1. The van der Waals surface area contributed by atoms with Crippen molar-refractivity contribution in [2.75, 3.05) is 18.0 Å². The third kappa shape index (κ3) is 4.19. The van der Waals surface area contributed by atoms with Crippen molar-refractivity contribution in [3.8, 4) is 0 Å². The number of hydrogen-bond acceptors (Lipinski definition) is 2. The molecule has 21 heavy (non-hydrogen) atoms. The van der Waals surface area contributed by atoms with Crippen LogP contribution in [0.25, 0.3) is 0 Å². The summed E-state index contributed by atoms with van der Waals surface area (Å²) in [5, 5.41) is 0.693. The van der Waals surface area contributed by atoms with Gasteiger partial charge >= 0.3 is 0 Å². The molecule has 2 rings (SSSR count). The highest BCUT2D eigenvalue weighted by Crippen LogP contribution is 2.24. The van der Waals surface area contributed by atoms with Gasteiger partial charge in [0.2, 0.25) is 0 Å². The molecule has 4 heteroatoms. The molecule has 2 aromatic carbocycles. The fourth-order valence-corrected chi connectivity index (χ4v) is 2.64. The maximum atomic E-state index is 13.3. The van der Waals surface area contributed by atoms with Crippen molar-refractivity contribution in [2.45, 2.75) is 19.4 Å². The summed E-state index contributed by atoms with van der Waals surface area (Å²) in [5.41, 5.74) is 8.05. The molecule has 112 valence electrons. The number of halogens is 2. The molecule has 0 aliphatic rings. The van der Waals surface area contributed by atoms with Gasteiger partial charge in [-0.2, -0.15) is 0 Å². The van der Waals surface area contributed by atoms with Gasteiger partial charge in [0.15, 0.2) is 0 Å². The molecule has 0 heterocycles. The van der Waals surface area contributed by atoms with Crippen LogP contribution in [0.1, 0.15) is 24.9 Å². The Balaban J connectivity index is 2.02. The van der Waals surface area contributed by atoms with Crippen LogP contribution in [-0.4, -0.2) is 13.1 Å². The molecule has 0 fully saturated rings. The minimum absolute atomic E-state index is 0.124. The normalized spacial score (nSPS) is 12.2. The average Bonchev–Trinajstić information content (AvgIpc) is 2.48. The minimum Gasteiger partial charge on any atom is -0.372 e. The van der Waals surface area contributed by atoms with Gasteiger partial charge in [-0.05, 0) is 43.2 Å². The predicted molar refractivity (Wildman–Crippen MR) is 87.3 cm³/mol. The van der Waals surface area contributed by atoms with Crippen LogP contribution in [0.5, 0.6) is 0 Å². The molecule has 1 unspecified atom stereocenters. The summed E-state index contributed by atoms with van der Waals surface area (Å²) in [6.45, 7) is 3.61. The lowest BCUT2D eigenvalue weighted by Gasteiger charge is -2.25. The van der Waals surface area contributed by atoms with Gasteiger partial charge in [-0.25, -0.2) is 4.39 Å². The van der Waals surface area contributed by atoms with E-state index < -0.39 is 0 Å². The zero-order valence-electron chi connectivity index (χ0n) is 12.1. The molecule has 2 nitrogen and oxygen atoms in total. The van der Waals surface area contributed by atoms with Crippen LogP contribution in [-0.2, 0) is 0 Å². The van der Waals surface area contributed by atoms with E-state index in [4.69, 9.17) is 17.3 Å². The van der Waals surface area contributed by atoms with Gasteiger partial charge in [-0.1, -0.05) is 35.9 Å². The number of benzene rings is 2. The number of rotatable bonds is 6. The molecular formula is C17H20ClFN2. The summed E-state index contributed by atoms with van der Waals surface area (Å²) >= 11 is 6.16. The fourth-order valence-electron chi connectivity index (χ4n) is 2.37. The van der Waals surface area contributed by atoms with Crippen molar-refractivity contribution >= 4 is 17.3 Å². The zero-order chi connectivity index (χ0) is 15.2. The quantitative estimate of drug-likeness (QED) is 0.857. The van der Waals surface area contributed by atoms with E-state index in [1.165, 1.54) is 6.07 Å². The van der Waals surface area contributed by atoms with E-state index in [9.17, 15) is 4.39 Å². The lowest BCUT2D eigenvalue weighted by atomic mass is 10.0. The smallest absolute Gasteiger partial charge is 0.125 e. The van der Waals surface area contributed by atoms with Crippen molar-refractivity contribution in [3.63, 3.8) is 0 Å². The van der Waals surface area contributed by atoms with E-state index in [1.807, 2.05) is 37.3 Å². The van der Waals surface area contributed by atoms with Gasteiger partial charge in [0, 0.05) is 29.8 Å². The molecule has 0 radical (unpaired) electrons. The first kappa shape index (κ1) is 15.8. The predicted octanol–water partition coefficient (Wildman–Crippen LogP) is 4.40. The van der Waals surface area contributed by atoms with Crippen molar-refractivity contribution < 1.29 is 4.39 Å². The Morgan fingerprint density at radius 1 is 1.19 bits per heavy atom. The van der Waals surface area contributed by atoms with E-state index in [2.05, 4.69) is 4.90 Å². The SMILES string of the molecule is CCN(CCC(N)c1ccccc1Cl)c1cccc(F)c1. The topological polar surface area (TPSA) is 29.3 Å². The Kier molecular flexibility index (Phi) is 5.59. The van der Waals surface area contributed by atoms with E-state index in [0.717, 1.165) is 30.8 Å². The van der Waals surface area contributed by atoms with Crippen LogP contribution in [0.15, 0.2) is 48.5 Å². The second-order valence-corrected chi connectivity index (χ2v) is 5.38.